The highest BCUT2D eigenvalue weighted by Crippen LogP contribution is 2.05. The van der Waals surface area contributed by atoms with Gasteiger partial charge in [0, 0.05) is 8.81 Å². The Balaban J connectivity index is -0.00000241. The lowest BCUT2D eigenvalue weighted by Crippen LogP contribution is -2.19. The summed E-state index contributed by atoms with van der Waals surface area (Å²) in [5.74, 6) is 0. The van der Waals surface area contributed by atoms with Gasteiger partial charge in [-0.2, -0.15) is 0 Å². The minimum absolute atomic E-state index is 0. The van der Waals surface area contributed by atoms with Crippen molar-refractivity contribution in [3.63, 3.8) is 0 Å². The predicted octanol–water partition coefficient (Wildman–Crippen LogP) is 3.62. The van der Waals surface area contributed by atoms with Gasteiger partial charge in [-0.15, -0.1) is 0 Å². The summed E-state index contributed by atoms with van der Waals surface area (Å²) in [7, 11) is 0.189. The van der Waals surface area contributed by atoms with Crippen LogP contribution in [0.15, 0.2) is 0 Å². The van der Waals surface area contributed by atoms with Gasteiger partial charge in [0.05, 0.1) is 8.81 Å². The van der Waals surface area contributed by atoms with E-state index in [0.29, 0.717) is 8.81 Å². The Kier molecular flexibility index (Phi) is 40.6. The summed E-state index contributed by atoms with van der Waals surface area (Å²) < 4.78 is 74.5. The third-order valence-electron chi connectivity index (χ3n) is 2.79. The second kappa shape index (κ2) is 36.6. The summed E-state index contributed by atoms with van der Waals surface area (Å²) in [4.78, 5) is 44.5. The third-order valence-corrected chi connectivity index (χ3v) is 3.57. The summed E-state index contributed by atoms with van der Waals surface area (Å²) in [5, 5.41) is 0. The molecule has 2 atom stereocenters. The Morgan fingerprint density at radius 2 is 0.667 bits per heavy atom. The minimum atomic E-state index is -1.35. The number of rotatable bonds is 24. The highest BCUT2D eigenvalue weighted by Gasteiger charge is 2.11. The molecule has 0 saturated carbocycles. The fraction of sp³-hybridized carbons (Fsp3) is 0.800. The van der Waals surface area contributed by atoms with Crippen molar-refractivity contribution in [2.45, 2.75) is 22.3 Å². The van der Waals surface area contributed by atoms with Gasteiger partial charge in [0.1, 0.15) is 0 Å². The van der Waals surface area contributed by atoms with Crippen molar-refractivity contribution in [1.82, 2.24) is 0 Å². The van der Waals surface area contributed by atoms with E-state index >= 15 is 0 Å². The summed E-state index contributed by atoms with van der Waals surface area (Å²) in [6.45, 7) is -0.219. The van der Waals surface area contributed by atoms with E-state index in [1.165, 1.54) is 0 Å². The van der Waals surface area contributed by atoms with Crippen molar-refractivity contribution in [2.75, 3.05) is 88.1 Å². The molecule has 0 aromatic heterocycles. The molecule has 0 spiro atoms. The largest absolute Gasteiger partial charge is 0.514 e. The van der Waals surface area contributed by atoms with Gasteiger partial charge in [-0.3, -0.25) is 0 Å². The Morgan fingerprint density at radius 1 is 0.381 bits per heavy atom. The van der Waals surface area contributed by atoms with Gasteiger partial charge in [-0.1, -0.05) is 22.3 Å². The molecule has 22 heteroatoms. The molecule has 0 heterocycles. The molecule has 0 fully saturated rings. The Morgan fingerprint density at radius 3 is 1.00 bits per heavy atom. The SMILES string of the molecule is C.C.C.CPOCOCOCOCOCOCOCOCOC(=O)OCOC(=O)OCOC(=O)OCOC(=O)OPC. The van der Waals surface area contributed by atoms with Crippen LogP contribution in [0.4, 0.5) is 19.2 Å². The smallest absolute Gasteiger partial charge is 0.417 e. The van der Waals surface area contributed by atoms with E-state index in [0.717, 1.165) is 0 Å². The van der Waals surface area contributed by atoms with E-state index < -0.39 is 51.8 Å². The molecule has 0 aromatic rings. The van der Waals surface area contributed by atoms with Crippen LogP contribution in [-0.2, 0) is 75.4 Å². The summed E-state index contributed by atoms with van der Waals surface area (Å²) in [5.41, 5.74) is 0. The second-order valence-electron chi connectivity index (χ2n) is 5.39. The first kappa shape index (κ1) is 46.6. The third kappa shape index (κ3) is 35.6. The molecule has 42 heavy (non-hydrogen) atoms. The molecule has 2 unspecified atom stereocenters. The quantitative estimate of drug-likeness (QED) is 0.0473. The van der Waals surface area contributed by atoms with E-state index in [2.05, 4.69) is 37.7 Å². The first-order valence-electron chi connectivity index (χ1n) is 10.2. The molecule has 0 aromatic carbocycles. The van der Waals surface area contributed by atoms with Crippen LogP contribution < -0.4 is 0 Å². The second-order valence-corrected chi connectivity index (χ2v) is 6.70. The summed E-state index contributed by atoms with van der Waals surface area (Å²) in [6.07, 6.45) is -4.94. The molecule has 0 rings (SSSR count). The normalized spacial score (nSPS) is 10.1. The van der Waals surface area contributed by atoms with Crippen LogP contribution in [0.5, 0.6) is 0 Å². The monoisotopic (exact) mass is 664 g/mol. The number of carbonyl (C=O) groups is 4. The lowest BCUT2D eigenvalue weighted by Gasteiger charge is -2.09. The predicted molar refractivity (Wildman–Crippen MR) is 141 cm³/mol. The van der Waals surface area contributed by atoms with Gasteiger partial charge in [0.15, 0.2) is 54.3 Å². The van der Waals surface area contributed by atoms with Gasteiger partial charge in [0.25, 0.3) is 0 Å². The van der Waals surface area contributed by atoms with Crippen LogP contribution in [0.2, 0.25) is 0 Å². The average Bonchev–Trinajstić information content (AvgIpc) is 2.90. The molecular weight excluding hydrogens is 622 g/mol. The molecule has 0 N–H and O–H groups in total. The van der Waals surface area contributed by atoms with Gasteiger partial charge in [0.2, 0.25) is 20.4 Å². The first-order valence-corrected chi connectivity index (χ1v) is 13.0. The van der Waals surface area contributed by atoms with E-state index in [9.17, 15) is 19.2 Å². The topological polar surface area (TPSA) is 216 Å². The van der Waals surface area contributed by atoms with E-state index in [4.69, 9.17) is 37.7 Å². The number of hydrogen-bond donors (Lipinski definition) is 0. The van der Waals surface area contributed by atoms with Gasteiger partial charge in [-0.05, 0) is 13.3 Å². The Bertz CT molecular complexity index is 643. The van der Waals surface area contributed by atoms with Crippen molar-refractivity contribution >= 4 is 42.2 Å². The lowest BCUT2D eigenvalue weighted by atomic mass is 11.2. The van der Waals surface area contributed by atoms with Crippen LogP contribution in [0, 0.1) is 0 Å². The molecule has 0 radical (unpaired) electrons. The fourth-order valence-electron chi connectivity index (χ4n) is 1.40. The molecule has 0 aliphatic heterocycles. The summed E-state index contributed by atoms with van der Waals surface area (Å²) >= 11 is 0. The zero-order chi connectivity index (χ0) is 28.8. The maximum atomic E-state index is 11.3. The zero-order valence-corrected chi connectivity index (χ0v) is 22.9. The van der Waals surface area contributed by atoms with Crippen molar-refractivity contribution < 1.29 is 94.5 Å². The lowest BCUT2D eigenvalue weighted by molar-refractivity contribution is -0.222. The van der Waals surface area contributed by atoms with E-state index in [1.807, 2.05) is 6.66 Å². The van der Waals surface area contributed by atoms with Gasteiger partial charge in [-0.25, -0.2) is 19.2 Å². The van der Waals surface area contributed by atoms with Gasteiger partial charge >= 0.3 is 24.6 Å². The Hall–Kier alpha value is -2.38. The molecular formula is C20H42O20P2. The molecule has 0 bridgehead atoms. The van der Waals surface area contributed by atoms with Crippen molar-refractivity contribution in [3.8, 4) is 0 Å². The van der Waals surface area contributed by atoms with Crippen molar-refractivity contribution in [1.29, 1.82) is 0 Å². The number of hydrogen-bond acceptors (Lipinski definition) is 20. The van der Waals surface area contributed by atoms with Gasteiger partial charge < -0.3 is 75.4 Å². The van der Waals surface area contributed by atoms with E-state index in [1.54, 1.807) is 6.66 Å². The van der Waals surface area contributed by atoms with Crippen molar-refractivity contribution in [3.05, 3.63) is 0 Å². The maximum absolute atomic E-state index is 11.3. The molecule has 0 saturated heterocycles. The van der Waals surface area contributed by atoms with E-state index in [-0.39, 0.29) is 78.6 Å². The van der Waals surface area contributed by atoms with Crippen LogP contribution in [0.1, 0.15) is 22.3 Å². The Labute approximate surface area is 247 Å². The first-order chi connectivity index (χ1) is 19.0. The highest BCUT2D eigenvalue weighted by molar-refractivity contribution is 7.31. The standard InChI is InChI=1S/C17H30O20P2.3CH4/c1-38-36-10-28-8-26-6-24-4-22-3-23-5-25-7-27-9-29-14(18)30-11-31-15(19)32-12-33-16(20)34-13-35-17(21)37-39-2;;;/h38-39H,3-13H2,1-2H3;3*1H4. The van der Waals surface area contributed by atoms with Crippen LogP contribution >= 0.6 is 17.6 Å². The number of carbonyl (C=O) groups excluding carboxylic acids is 4. The van der Waals surface area contributed by atoms with Crippen LogP contribution in [0.3, 0.4) is 0 Å². The molecule has 252 valence electrons. The maximum Gasteiger partial charge on any atom is 0.514 e. The summed E-state index contributed by atoms with van der Waals surface area (Å²) in [6, 6.07) is 0. The van der Waals surface area contributed by atoms with Crippen LogP contribution in [0.25, 0.3) is 0 Å². The minimum Gasteiger partial charge on any atom is -0.417 e. The average molecular weight is 664 g/mol. The molecule has 0 aliphatic carbocycles. The number of ether oxygens (including phenoxy) is 14. The van der Waals surface area contributed by atoms with Crippen molar-refractivity contribution in [2.24, 2.45) is 0 Å². The fourth-order valence-corrected chi connectivity index (χ4v) is 1.82. The van der Waals surface area contributed by atoms with Crippen LogP contribution in [-0.4, -0.2) is 113 Å². The zero-order valence-electron chi connectivity index (χ0n) is 20.9. The molecule has 0 aliphatic rings. The highest BCUT2D eigenvalue weighted by atomic mass is 31.1. The molecule has 20 nitrogen and oxygen atoms in total. The molecule has 0 amide bonds.